The second kappa shape index (κ2) is 7.99. The summed E-state index contributed by atoms with van der Waals surface area (Å²) in [6.07, 6.45) is 3.49. The van der Waals surface area contributed by atoms with Crippen molar-refractivity contribution in [2.24, 2.45) is 0 Å². The monoisotopic (exact) mass is 335 g/mol. The van der Waals surface area contributed by atoms with Gasteiger partial charge in [0.15, 0.2) is 0 Å². The Labute approximate surface area is 148 Å². The molecule has 0 aliphatic rings. The van der Waals surface area contributed by atoms with Crippen LogP contribution >= 0.6 is 0 Å². The molecule has 0 saturated heterocycles. The number of amides is 1. The highest BCUT2D eigenvalue weighted by molar-refractivity contribution is 5.91. The van der Waals surface area contributed by atoms with E-state index in [0.717, 1.165) is 18.7 Å². The molecule has 0 saturated carbocycles. The molecule has 1 aromatic heterocycles. The zero-order valence-corrected chi connectivity index (χ0v) is 14.9. The first-order chi connectivity index (χ1) is 12.1. The number of aromatic amines is 1. The molecule has 0 unspecified atom stereocenters. The van der Waals surface area contributed by atoms with Gasteiger partial charge in [0.1, 0.15) is 0 Å². The van der Waals surface area contributed by atoms with E-state index in [1.54, 1.807) is 0 Å². The number of hydrogen-bond acceptors (Lipinski definition) is 2. The molecule has 0 aliphatic heterocycles. The zero-order chi connectivity index (χ0) is 17.6. The van der Waals surface area contributed by atoms with E-state index in [1.807, 2.05) is 24.3 Å². The normalized spacial score (nSPS) is 11.0. The van der Waals surface area contributed by atoms with Crippen LogP contribution in [0.2, 0.25) is 0 Å². The largest absolute Gasteiger partial charge is 0.361 e. The predicted octanol–water partition coefficient (Wildman–Crippen LogP) is 3.95. The maximum absolute atomic E-state index is 12.0. The molecular formula is C21H25N3O. The molecular weight excluding hydrogens is 310 g/mol. The number of anilines is 1. The molecule has 3 aromatic rings. The average molecular weight is 335 g/mol. The van der Waals surface area contributed by atoms with Crippen LogP contribution < -0.4 is 10.6 Å². The number of fused-ring (bicyclic) bond motifs is 1. The van der Waals surface area contributed by atoms with Crippen LogP contribution in [-0.2, 0) is 11.2 Å². The maximum atomic E-state index is 12.0. The van der Waals surface area contributed by atoms with Gasteiger partial charge in [0, 0.05) is 35.8 Å². The van der Waals surface area contributed by atoms with Gasteiger partial charge in [-0.25, -0.2) is 0 Å². The molecule has 130 valence electrons. The first-order valence-corrected chi connectivity index (χ1v) is 8.76. The lowest BCUT2D eigenvalue weighted by Crippen LogP contribution is -2.23. The van der Waals surface area contributed by atoms with Crippen LogP contribution in [0.4, 0.5) is 5.69 Å². The molecule has 0 fully saturated rings. The lowest BCUT2D eigenvalue weighted by Gasteiger charge is -2.08. The van der Waals surface area contributed by atoms with Gasteiger partial charge in [0.25, 0.3) is 0 Å². The Morgan fingerprint density at radius 2 is 1.88 bits per heavy atom. The minimum atomic E-state index is 0.0443. The van der Waals surface area contributed by atoms with Crippen molar-refractivity contribution >= 4 is 22.5 Å². The molecule has 1 heterocycles. The fraction of sp³-hybridized carbons (Fsp3) is 0.286. The van der Waals surface area contributed by atoms with Gasteiger partial charge in [-0.3, -0.25) is 4.79 Å². The van der Waals surface area contributed by atoms with Crippen molar-refractivity contribution in [3.8, 4) is 0 Å². The Bertz CT molecular complexity index is 866. The highest BCUT2D eigenvalue weighted by Crippen LogP contribution is 2.17. The van der Waals surface area contributed by atoms with E-state index in [2.05, 4.69) is 53.9 Å². The topological polar surface area (TPSA) is 56.9 Å². The van der Waals surface area contributed by atoms with E-state index in [0.29, 0.717) is 13.0 Å². The van der Waals surface area contributed by atoms with Gasteiger partial charge in [-0.1, -0.05) is 24.3 Å². The summed E-state index contributed by atoms with van der Waals surface area (Å²) >= 11 is 0. The van der Waals surface area contributed by atoms with E-state index >= 15 is 0 Å². The van der Waals surface area contributed by atoms with Crippen LogP contribution in [0.1, 0.15) is 23.1 Å². The van der Waals surface area contributed by atoms with Crippen molar-refractivity contribution in [3.63, 3.8) is 0 Å². The van der Waals surface area contributed by atoms with Crippen molar-refractivity contribution in [2.45, 2.75) is 26.7 Å². The van der Waals surface area contributed by atoms with E-state index in [-0.39, 0.29) is 5.91 Å². The number of rotatable bonds is 7. The van der Waals surface area contributed by atoms with Crippen molar-refractivity contribution in [1.82, 2.24) is 10.3 Å². The van der Waals surface area contributed by atoms with E-state index in [1.165, 1.54) is 27.6 Å². The summed E-state index contributed by atoms with van der Waals surface area (Å²) in [5, 5.41) is 7.58. The summed E-state index contributed by atoms with van der Waals surface area (Å²) in [4.78, 5) is 15.3. The van der Waals surface area contributed by atoms with E-state index < -0.39 is 0 Å². The molecule has 0 bridgehead atoms. The SMILES string of the molecule is Cc1ccc(NC(=O)CCNCCc2c[nH]c3ccccc23)cc1C. The highest BCUT2D eigenvalue weighted by atomic mass is 16.1. The van der Waals surface area contributed by atoms with Gasteiger partial charge in [0.05, 0.1) is 0 Å². The minimum Gasteiger partial charge on any atom is -0.361 e. The van der Waals surface area contributed by atoms with Crippen LogP contribution in [0.25, 0.3) is 10.9 Å². The average Bonchev–Trinajstić information content (AvgIpc) is 3.01. The highest BCUT2D eigenvalue weighted by Gasteiger charge is 2.05. The van der Waals surface area contributed by atoms with E-state index in [4.69, 9.17) is 0 Å². The van der Waals surface area contributed by atoms with Crippen LogP contribution in [0, 0.1) is 13.8 Å². The number of para-hydroxylation sites is 1. The number of aryl methyl sites for hydroxylation is 2. The van der Waals surface area contributed by atoms with Crippen LogP contribution in [0.15, 0.2) is 48.7 Å². The number of carbonyl (C=O) groups is 1. The lowest BCUT2D eigenvalue weighted by atomic mass is 10.1. The molecule has 4 heteroatoms. The number of carbonyl (C=O) groups excluding carboxylic acids is 1. The van der Waals surface area contributed by atoms with Crippen molar-refractivity contribution in [2.75, 3.05) is 18.4 Å². The summed E-state index contributed by atoms with van der Waals surface area (Å²) in [6, 6.07) is 14.3. The van der Waals surface area contributed by atoms with Crippen molar-refractivity contribution in [3.05, 3.63) is 65.4 Å². The molecule has 0 radical (unpaired) electrons. The molecule has 0 atom stereocenters. The van der Waals surface area contributed by atoms with Gasteiger partial charge in [-0.2, -0.15) is 0 Å². The molecule has 1 amide bonds. The molecule has 3 N–H and O–H groups in total. The second-order valence-electron chi connectivity index (χ2n) is 6.46. The van der Waals surface area contributed by atoms with Crippen LogP contribution in [0.5, 0.6) is 0 Å². The molecule has 3 rings (SSSR count). The number of hydrogen-bond donors (Lipinski definition) is 3. The Morgan fingerprint density at radius 1 is 1.04 bits per heavy atom. The summed E-state index contributed by atoms with van der Waals surface area (Å²) < 4.78 is 0. The molecule has 4 nitrogen and oxygen atoms in total. The number of aromatic nitrogens is 1. The van der Waals surface area contributed by atoms with Crippen molar-refractivity contribution < 1.29 is 4.79 Å². The summed E-state index contributed by atoms with van der Waals surface area (Å²) in [7, 11) is 0. The Balaban J connectivity index is 1.39. The molecule has 0 aliphatic carbocycles. The fourth-order valence-corrected chi connectivity index (χ4v) is 2.93. The number of benzene rings is 2. The summed E-state index contributed by atoms with van der Waals surface area (Å²) in [5.41, 5.74) is 5.77. The molecule has 0 spiro atoms. The Hall–Kier alpha value is -2.59. The first-order valence-electron chi connectivity index (χ1n) is 8.76. The van der Waals surface area contributed by atoms with Crippen LogP contribution in [0.3, 0.4) is 0 Å². The number of nitrogens with one attached hydrogen (secondary N) is 3. The predicted molar refractivity (Wildman–Crippen MR) is 104 cm³/mol. The number of H-pyrrole nitrogens is 1. The standard InChI is InChI=1S/C21H25N3O/c1-15-7-8-18(13-16(15)2)24-21(25)10-12-22-11-9-17-14-23-20-6-4-3-5-19(17)20/h3-8,13-14,22-23H,9-12H2,1-2H3,(H,24,25). The van der Waals surface area contributed by atoms with E-state index in [9.17, 15) is 4.79 Å². The summed E-state index contributed by atoms with van der Waals surface area (Å²) in [5.74, 6) is 0.0443. The first kappa shape index (κ1) is 17.2. The second-order valence-corrected chi connectivity index (χ2v) is 6.46. The third-order valence-electron chi connectivity index (χ3n) is 4.57. The smallest absolute Gasteiger partial charge is 0.225 e. The fourth-order valence-electron chi connectivity index (χ4n) is 2.93. The van der Waals surface area contributed by atoms with Gasteiger partial charge in [-0.15, -0.1) is 0 Å². The van der Waals surface area contributed by atoms with Gasteiger partial charge in [0.2, 0.25) is 5.91 Å². The third kappa shape index (κ3) is 4.48. The Kier molecular flexibility index (Phi) is 5.51. The van der Waals surface area contributed by atoms with Crippen molar-refractivity contribution in [1.29, 1.82) is 0 Å². The Morgan fingerprint density at radius 3 is 2.72 bits per heavy atom. The third-order valence-corrected chi connectivity index (χ3v) is 4.57. The van der Waals surface area contributed by atoms with Gasteiger partial charge >= 0.3 is 0 Å². The van der Waals surface area contributed by atoms with Gasteiger partial charge in [-0.05, 0) is 61.7 Å². The quantitative estimate of drug-likeness (QED) is 0.573. The van der Waals surface area contributed by atoms with Gasteiger partial charge < -0.3 is 15.6 Å². The summed E-state index contributed by atoms with van der Waals surface area (Å²) in [6.45, 7) is 5.66. The molecule has 25 heavy (non-hydrogen) atoms. The minimum absolute atomic E-state index is 0.0443. The maximum Gasteiger partial charge on any atom is 0.225 e. The molecule has 2 aromatic carbocycles. The zero-order valence-electron chi connectivity index (χ0n) is 14.9. The lowest BCUT2D eigenvalue weighted by molar-refractivity contribution is -0.116. The van der Waals surface area contributed by atoms with Crippen LogP contribution in [-0.4, -0.2) is 24.0 Å².